The van der Waals surface area contributed by atoms with Crippen molar-refractivity contribution in [2.75, 3.05) is 19.0 Å². The van der Waals surface area contributed by atoms with Gasteiger partial charge in [0, 0.05) is 31.9 Å². The Hall–Kier alpha value is -1.01. The number of thiocarbonyl (C=S) groups is 1. The number of pyridine rings is 1. The van der Waals surface area contributed by atoms with Crippen molar-refractivity contribution >= 4 is 41.1 Å². The van der Waals surface area contributed by atoms with Gasteiger partial charge in [-0.15, -0.1) is 12.6 Å². The van der Waals surface area contributed by atoms with Gasteiger partial charge in [-0.2, -0.15) is 13.3 Å². The van der Waals surface area contributed by atoms with Crippen LogP contribution in [0.2, 0.25) is 0 Å². The van der Waals surface area contributed by atoms with E-state index < -0.39 is 5.92 Å². The van der Waals surface area contributed by atoms with E-state index in [0.717, 1.165) is 5.69 Å². The molecular weight excluding hydrogens is 262 g/mol. The predicted octanol–water partition coefficient (Wildman–Crippen LogP) is 2.16. The Morgan fingerprint density at radius 1 is 1.29 bits per heavy atom. The molecule has 0 spiro atoms. The highest BCUT2D eigenvalue weighted by atomic mass is 32.1. The van der Waals surface area contributed by atoms with E-state index in [0.29, 0.717) is 5.70 Å². The standard InChI is InChI=1S/C11H10F2N2S2/c1-14(2)7-3-5-15(6-4-7)8-9(16)11(12,13)10(8)17/h3-6H,1-2H3/p+1. The molecule has 0 amide bonds. The Bertz CT molecular complexity index is 507. The summed E-state index contributed by atoms with van der Waals surface area (Å²) in [6.45, 7) is 0. The lowest BCUT2D eigenvalue weighted by Gasteiger charge is -2.26. The molecule has 0 fully saturated rings. The van der Waals surface area contributed by atoms with E-state index in [2.05, 4.69) is 12.6 Å². The van der Waals surface area contributed by atoms with Crippen LogP contribution in [0.4, 0.5) is 14.5 Å². The second kappa shape index (κ2) is 4.03. The van der Waals surface area contributed by atoms with Crippen molar-refractivity contribution in [2.45, 2.75) is 5.92 Å². The summed E-state index contributed by atoms with van der Waals surface area (Å²) in [4.78, 5) is 1.30. The van der Waals surface area contributed by atoms with E-state index in [-0.39, 0.29) is 9.77 Å². The van der Waals surface area contributed by atoms with Crippen LogP contribution >= 0.6 is 24.8 Å². The number of rotatable bonds is 2. The summed E-state index contributed by atoms with van der Waals surface area (Å²) in [7, 11) is 3.82. The first-order chi connectivity index (χ1) is 7.85. The molecule has 0 N–H and O–H groups in total. The summed E-state index contributed by atoms with van der Waals surface area (Å²) in [5.41, 5.74) is 1.29. The Labute approximate surface area is 109 Å². The van der Waals surface area contributed by atoms with Crippen LogP contribution in [0.1, 0.15) is 0 Å². The van der Waals surface area contributed by atoms with Crippen LogP contribution in [0.25, 0.3) is 5.70 Å². The van der Waals surface area contributed by atoms with E-state index in [9.17, 15) is 8.78 Å². The molecule has 0 atom stereocenters. The van der Waals surface area contributed by atoms with Crippen LogP contribution < -0.4 is 9.47 Å². The van der Waals surface area contributed by atoms with Crippen molar-refractivity contribution in [3.05, 3.63) is 29.4 Å². The van der Waals surface area contributed by atoms with Crippen LogP contribution in [0.3, 0.4) is 0 Å². The first-order valence-corrected chi connectivity index (χ1v) is 5.76. The second-order valence-electron chi connectivity index (χ2n) is 3.96. The summed E-state index contributed by atoms with van der Waals surface area (Å²) < 4.78 is 27.9. The first kappa shape index (κ1) is 12.4. The summed E-state index contributed by atoms with van der Waals surface area (Å²) >= 11 is 8.51. The molecule has 0 saturated heterocycles. The van der Waals surface area contributed by atoms with Crippen molar-refractivity contribution in [3.8, 4) is 0 Å². The zero-order valence-electron chi connectivity index (χ0n) is 9.32. The number of hydrogen-bond acceptors (Lipinski definition) is 3. The van der Waals surface area contributed by atoms with Gasteiger partial charge in [0.15, 0.2) is 17.3 Å². The fraction of sp³-hybridized carbons (Fsp3) is 0.273. The quantitative estimate of drug-likeness (QED) is 0.501. The molecule has 1 aliphatic carbocycles. The van der Waals surface area contributed by atoms with Gasteiger partial charge in [0.05, 0.1) is 0 Å². The highest BCUT2D eigenvalue weighted by molar-refractivity contribution is 7.87. The molecule has 0 saturated carbocycles. The number of anilines is 1. The maximum Gasteiger partial charge on any atom is 0.326 e. The van der Waals surface area contributed by atoms with Gasteiger partial charge >= 0.3 is 5.92 Å². The second-order valence-corrected chi connectivity index (χ2v) is 4.81. The Morgan fingerprint density at radius 2 is 1.82 bits per heavy atom. The lowest BCUT2D eigenvalue weighted by atomic mass is 10.00. The first-order valence-electron chi connectivity index (χ1n) is 4.91. The number of alkyl halides is 2. The Morgan fingerprint density at radius 3 is 2.24 bits per heavy atom. The van der Waals surface area contributed by atoms with Gasteiger partial charge in [0.2, 0.25) is 5.70 Å². The van der Waals surface area contributed by atoms with Gasteiger partial charge in [-0.05, 0) is 0 Å². The number of aromatic nitrogens is 1. The van der Waals surface area contributed by atoms with Gasteiger partial charge in [-0.1, -0.05) is 12.2 Å². The van der Waals surface area contributed by atoms with E-state index in [4.69, 9.17) is 12.2 Å². The van der Waals surface area contributed by atoms with Gasteiger partial charge in [0.1, 0.15) is 4.91 Å². The van der Waals surface area contributed by atoms with Crippen LogP contribution in [-0.4, -0.2) is 24.9 Å². The molecular formula is C11H11F2N2S2+. The van der Waals surface area contributed by atoms with E-state index >= 15 is 0 Å². The SMILES string of the molecule is CN(C)c1cc[n+](C2=C(S)C(F)(F)C2=S)cc1. The molecule has 1 aromatic rings. The molecule has 6 heteroatoms. The van der Waals surface area contributed by atoms with Crippen molar-refractivity contribution in [3.63, 3.8) is 0 Å². The third-order valence-electron chi connectivity index (χ3n) is 2.61. The minimum absolute atomic E-state index is 0.273. The Balaban J connectivity index is 2.38. The monoisotopic (exact) mass is 273 g/mol. The average molecular weight is 273 g/mol. The molecule has 1 aliphatic rings. The summed E-state index contributed by atoms with van der Waals surface area (Å²) in [6.07, 6.45) is 3.39. The summed E-state index contributed by atoms with van der Waals surface area (Å²) in [5.74, 6) is -3.05. The molecule has 2 nitrogen and oxygen atoms in total. The van der Waals surface area contributed by atoms with E-state index in [1.54, 1.807) is 17.0 Å². The number of allylic oxidation sites excluding steroid dienone is 2. The molecule has 0 unspecified atom stereocenters. The lowest BCUT2D eigenvalue weighted by molar-refractivity contribution is -0.578. The number of thiol groups is 1. The van der Waals surface area contributed by atoms with Crippen molar-refractivity contribution in [1.29, 1.82) is 0 Å². The topological polar surface area (TPSA) is 7.12 Å². The summed E-state index contributed by atoms with van der Waals surface area (Å²) in [5, 5.41) is 0. The highest BCUT2D eigenvalue weighted by Gasteiger charge is 2.56. The zero-order valence-corrected chi connectivity index (χ0v) is 11.0. The van der Waals surface area contributed by atoms with E-state index in [1.807, 2.05) is 31.1 Å². The third kappa shape index (κ3) is 1.85. The van der Waals surface area contributed by atoms with Crippen LogP contribution in [0.15, 0.2) is 29.4 Å². The van der Waals surface area contributed by atoms with Crippen molar-refractivity contribution in [1.82, 2.24) is 0 Å². The summed E-state index contributed by atoms with van der Waals surface area (Å²) in [6, 6.07) is 3.65. The molecule has 90 valence electrons. The van der Waals surface area contributed by atoms with Gasteiger partial charge in [-0.25, -0.2) is 0 Å². The van der Waals surface area contributed by atoms with Crippen LogP contribution in [0, 0.1) is 0 Å². The van der Waals surface area contributed by atoms with Crippen LogP contribution in [0.5, 0.6) is 0 Å². The lowest BCUT2D eigenvalue weighted by Crippen LogP contribution is -2.51. The highest BCUT2D eigenvalue weighted by Crippen LogP contribution is 2.43. The van der Waals surface area contributed by atoms with E-state index in [1.165, 1.54) is 0 Å². The maximum atomic E-state index is 13.2. The van der Waals surface area contributed by atoms with Crippen molar-refractivity contribution in [2.24, 2.45) is 0 Å². The molecule has 2 rings (SSSR count). The van der Waals surface area contributed by atoms with Crippen molar-refractivity contribution < 1.29 is 13.3 Å². The largest absolute Gasteiger partial charge is 0.377 e. The molecule has 1 aromatic heterocycles. The molecule has 1 heterocycles. The third-order valence-corrected chi connectivity index (χ3v) is 3.55. The number of nitrogens with zero attached hydrogens (tertiary/aromatic N) is 2. The predicted molar refractivity (Wildman–Crippen MR) is 70.7 cm³/mol. The molecule has 17 heavy (non-hydrogen) atoms. The molecule has 0 bridgehead atoms. The minimum Gasteiger partial charge on any atom is -0.377 e. The number of hydrogen-bond donors (Lipinski definition) is 1. The normalized spacial score (nSPS) is 18.1. The maximum absolute atomic E-state index is 13.2. The fourth-order valence-electron chi connectivity index (χ4n) is 1.56. The molecule has 0 radical (unpaired) electrons. The van der Waals surface area contributed by atoms with Gasteiger partial charge < -0.3 is 4.90 Å². The minimum atomic E-state index is -3.05. The Kier molecular flexibility index (Phi) is 2.95. The van der Waals surface area contributed by atoms with Crippen LogP contribution in [-0.2, 0) is 0 Å². The average Bonchev–Trinajstić information content (AvgIpc) is 2.30. The fourth-order valence-corrected chi connectivity index (χ4v) is 2.36. The molecule has 0 aromatic carbocycles. The number of halogens is 2. The smallest absolute Gasteiger partial charge is 0.326 e. The molecule has 0 aliphatic heterocycles. The van der Waals surface area contributed by atoms with Gasteiger partial charge in [-0.3, -0.25) is 0 Å². The van der Waals surface area contributed by atoms with Gasteiger partial charge in [0.25, 0.3) is 0 Å². The zero-order chi connectivity index (χ0) is 12.8.